The zero-order valence-electron chi connectivity index (χ0n) is 38.8. The van der Waals surface area contributed by atoms with Crippen molar-refractivity contribution in [3.63, 3.8) is 0 Å². The third kappa shape index (κ3) is 27.5. The van der Waals surface area contributed by atoms with E-state index in [1.54, 1.807) is 86.6 Å². The molecule has 1 unspecified atom stereocenters. The number of unbranched alkanes of at least 4 members (excludes halogenated alkanes) is 1. The number of nitrogens with two attached hydrogens (primary N) is 1. The number of esters is 2. The number of Topliss-reactive ketones (excluding diaryl/α,β-unsaturated/α-hetero) is 1. The molecule has 0 aliphatic carbocycles. The fraction of sp³-hybridized carbons (Fsp3) is 0.682. The van der Waals surface area contributed by atoms with Crippen LogP contribution in [0.1, 0.15) is 130 Å². The van der Waals surface area contributed by atoms with Crippen LogP contribution in [0.5, 0.6) is 0 Å². The van der Waals surface area contributed by atoms with Crippen LogP contribution in [-0.4, -0.2) is 122 Å². The van der Waals surface area contributed by atoms with Crippen LogP contribution in [0.25, 0.3) is 0 Å². The average Bonchev–Trinajstić information content (AvgIpc) is 3.16. The maximum absolute atomic E-state index is 12.9. The maximum Gasteiger partial charge on any atom is 0.412 e. The lowest BCUT2D eigenvalue weighted by atomic mass is 10.0. The van der Waals surface area contributed by atoms with Gasteiger partial charge >= 0.3 is 18.0 Å². The summed E-state index contributed by atoms with van der Waals surface area (Å²) in [5.41, 5.74) is 4.57. The van der Waals surface area contributed by atoms with Gasteiger partial charge in [0.1, 0.15) is 47.3 Å². The Hall–Kier alpha value is -5.14. The standard InChI is InChI=1S/C44H72N6O13/c1-42(2,3)61-39(56)32(45)21-23-35(52)50-34(40(57)62-43(4,5)6)22-20-31(51)14-13-25-59-26-27-60-28-36(53)49-33(38(55)46-10)15-11-12-24-47-37(54)29-16-18-30(19-17-29)48-41(58)63-44(7,8)9/h16-19,32-34H,11-15,20-28,45H2,1-10H3,(H,46,55)(H,47,54)(H,48,58)(H,49,53)(H,50,52)/t32-,33-,34?/m0/s1. The van der Waals surface area contributed by atoms with Gasteiger partial charge in [0.25, 0.3) is 5.91 Å². The summed E-state index contributed by atoms with van der Waals surface area (Å²) in [4.78, 5) is 99.8. The highest BCUT2D eigenvalue weighted by Crippen LogP contribution is 2.15. The predicted molar refractivity (Wildman–Crippen MR) is 234 cm³/mol. The fourth-order valence-electron chi connectivity index (χ4n) is 5.44. The van der Waals surface area contributed by atoms with Crippen molar-refractivity contribution in [1.29, 1.82) is 0 Å². The number of anilines is 1. The highest BCUT2D eigenvalue weighted by Gasteiger charge is 2.29. The summed E-state index contributed by atoms with van der Waals surface area (Å²) < 4.78 is 26.8. The second-order valence-electron chi connectivity index (χ2n) is 17.9. The molecule has 0 aliphatic heterocycles. The lowest BCUT2D eigenvalue weighted by molar-refractivity contribution is -0.159. The van der Waals surface area contributed by atoms with Crippen LogP contribution in [0.4, 0.5) is 10.5 Å². The summed E-state index contributed by atoms with van der Waals surface area (Å²) in [7, 11) is 1.47. The first-order valence-electron chi connectivity index (χ1n) is 21.4. The first-order chi connectivity index (χ1) is 29.3. The second-order valence-corrected chi connectivity index (χ2v) is 17.9. The Morgan fingerprint density at radius 1 is 0.619 bits per heavy atom. The number of amides is 5. The van der Waals surface area contributed by atoms with E-state index >= 15 is 0 Å². The number of ether oxygens (including phenoxy) is 5. The molecular weight excluding hydrogens is 821 g/mol. The van der Waals surface area contributed by atoms with Gasteiger partial charge in [0.2, 0.25) is 17.7 Å². The maximum atomic E-state index is 12.9. The Labute approximate surface area is 371 Å². The Morgan fingerprint density at radius 2 is 1.21 bits per heavy atom. The van der Waals surface area contributed by atoms with Crippen LogP contribution in [0.2, 0.25) is 0 Å². The van der Waals surface area contributed by atoms with Crippen molar-refractivity contribution in [3.8, 4) is 0 Å². The van der Waals surface area contributed by atoms with Gasteiger partial charge in [0.05, 0.1) is 13.2 Å². The van der Waals surface area contributed by atoms with Crippen molar-refractivity contribution >= 4 is 53.1 Å². The van der Waals surface area contributed by atoms with Gasteiger partial charge in [0, 0.05) is 50.7 Å². The highest BCUT2D eigenvalue weighted by molar-refractivity contribution is 5.95. The molecule has 7 N–H and O–H groups in total. The Balaban J connectivity index is 2.37. The molecule has 63 heavy (non-hydrogen) atoms. The quantitative estimate of drug-likeness (QED) is 0.0419. The number of hydrogen-bond donors (Lipinski definition) is 6. The number of ketones is 1. The van der Waals surface area contributed by atoms with Gasteiger partial charge in [-0.25, -0.2) is 9.59 Å². The van der Waals surface area contributed by atoms with Gasteiger partial charge in [-0.1, -0.05) is 0 Å². The summed E-state index contributed by atoms with van der Waals surface area (Å²) in [5.74, 6) is -3.14. The summed E-state index contributed by atoms with van der Waals surface area (Å²) in [6.07, 6.45) is 1.25. The summed E-state index contributed by atoms with van der Waals surface area (Å²) in [5, 5.41) is 13.2. The van der Waals surface area contributed by atoms with Crippen LogP contribution in [0.3, 0.4) is 0 Å². The van der Waals surface area contributed by atoms with Crippen molar-refractivity contribution in [2.45, 2.75) is 155 Å². The first kappa shape index (κ1) is 55.9. The average molecular weight is 893 g/mol. The SMILES string of the molecule is CNC(=O)[C@H](CCCCNC(=O)c1ccc(NC(=O)OC(C)(C)C)cc1)NC(=O)COCCOCCCC(=O)CCC(NC(=O)CC[C@H](N)C(=O)OC(C)(C)C)C(=O)OC(C)(C)C. The molecule has 19 nitrogen and oxygen atoms in total. The number of benzene rings is 1. The molecule has 0 aromatic heterocycles. The van der Waals surface area contributed by atoms with Crippen molar-refractivity contribution in [2.24, 2.45) is 5.73 Å². The molecule has 1 aromatic carbocycles. The molecule has 1 aromatic rings. The van der Waals surface area contributed by atoms with E-state index < -0.39 is 64.8 Å². The second kappa shape index (κ2) is 27.8. The molecule has 19 heteroatoms. The van der Waals surface area contributed by atoms with Crippen molar-refractivity contribution < 1.29 is 62.0 Å². The van der Waals surface area contributed by atoms with Crippen LogP contribution < -0.4 is 32.3 Å². The van der Waals surface area contributed by atoms with E-state index in [9.17, 15) is 38.4 Å². The number of carbonyl (C=O) groups excluding carboxylic acids is 8. The molecule has 0 saturated carbocycles. The molecule has 5 amide bonds. The Bertz CT molecular complexity index is 1650. The number of hydrogen-bond acceptors (Lipinski definition) is 14. The zero-order valence-corrected chi connectivity index (χ0v) is 38.8. The van der Waals surface area contributed by atoms with Crippen molar-refractivity contribution in [3.05, 3.63) is 29.8 Å². The summed E-state index contributed by atoms with van der Waals surface area (Å²) in [6.45, 7) is 16.0. The lowest BCUT2D eigenvalue weighted by Gasteiger charge is -2.25. The molecule has 0 heterocycles. The van der Waals surface area contributed by atoms with Gasteiger partial charge in [0.15, 0.2) is 0 Å². The van der Waals surface area contributed by atoms with Crippen LogP contribution in [0.15, 0.2) is 24.3 Å². The van der Waals surface area contributed by atoms with Gasteiger partial charge < -0.3 is 50.7 Å². The van der Waals surface area contributed by atoms with Gasteiger partial charge in [-0.05, 0) is 125 Å². The van der Waals surface area contributed by atoms with Crippen LogP contribution in [-0.2, 0) is 52.5 Å². The van der Waals surface area contributed by atoms with E-state index in [-0.39, 0.29) is 76.1 Å². The number of nitrogens with one attached hydrogen (secondary N) is 5. The minimum absolute atomic E-state index is 0.00154. The topological polar surface area (TPSA) is 269 Å². The molecule has 0 spiro atoms. The smallest absolute Gasteiger partial charge is 0.412 e. The molecular formula is C44H72N6O13. The van der Waals surface area contributed by atoms with Gasteiger partial charge in [-0.2, -0.15) is 0 Å². The molecule has 3 atom stereocenters. The molecule has 0 bridgehead atoms. The van der Waals surface area contributed by atoms with Crippen molar-refractivity contribution in [1.82, 2.24) is 21.3 Å². The van der Waals surface area contributed by atoms with E-state index in [1.165, 1.54) is 7.05 Å². The summed E-state index contributed by atoms with van der Waals surface area (Å²) in [6, 6.07) is 3.45. The number of rotatable bonds is 27. The van der Waals surface area contributed by atoms with Crippen LogP contribution in [0, 0.1) is 0 Å². The fourth-order valence-corrected chi connectivity index (χ4v) is 5.44. The van der Waals surface area contributed by atoms with Gasteiger partial charge in [-0.3, -0.25) is 34.1 Å². The third-order valence-electron chi connectivity index (χ3n) is 8.38. The first-order valence-corrected chi connectivity index (χ1v) is 21.4. The normalized spacial score (nSPS) is 13.1. The van der Waals surface area contributed by atoms with Crippen molar-refractivity contribution in [2.75, 3.05) is 45.3 Å². The Kier molecular flexibility index (Phi) is 24.7. The molecule has 0 saturated heterocycles. The predicted octanol–water partition coefficient (Wildman–Crippen LogP) is 3.60. The van der Waals surface area contributed by atoms with E-state index in [0.717, 1.165) is 0 Å². The van der Waals surface area contributed by atoms with E-state index in [4.69, 9.17) is 29.4 Å². The number of likely N-dealkylation sites (N-methyl/N-ethyl adjacent to an activating group) is 1. The van der Waals surface area contributed by atoms with E-state index in [0.29, 0.717) is 43.5 Å². The Morgan fingerprint density at radius 3 is 1.81 bits per heavy atom. The highest BCUT2D eigenvalue weighted by atomic mass is 16.6. The summed E-state index contributed by atoms with van der Waals surface area (Å²) >= 11 is 0. The van der Waals surface area contributed by atoms with Gasteiger partial charge in [-0.15, -0.1) is 0 Å². The lowest BCUT2D eigenvalue weighted by Crippen LogP contribution is -2.47. The minimum atomic E-state index is -1.08. The monoisotopic (exact) mass is 893 g/mol. The molecule has 0 radical (unpaired) electrons. The number of carbonyl (C=O) groups is 8. The molecule has 0 aliphatic rings. The minimum Gasteiger partial charge on any atom is -0.459 e. The molecule has 0 fully saturated rings. The van der Waals surface area contributed by atoms with E-state index in [1.807, 2.05) is 0 Å². The van der Waals surface area contributed by atoms with Crippen LogP contribution >= 0.6 is 0 Å². The molecule has 356 valence electrons. The largest absolute Gasteiger partial charge is 0.459 e. The molecule has 1 rings (SSSR count). The zero-order chi connectivity index (χ0) is 47.8. The van der Waals surface area contributed by atoms with E-state index in [2.05, 4.69) is 26.6 Å². The third-order valence-corrected chi connectivity index (χ3v) is 8.38.